The first-order valence-electron chi connectivity index (χ1n) is 14.0. The summed E-state index contributed by atoms with van der Waals surface area (Å²) in [5.74, 6) is -0.710. The van der Waals surface area contributed by atoms with Crippen LogP contribution >= 0.6 is 11.8 Å². The van der Waals surface area contributed by atoms with E-state index in [4.69, 9.17) is 4.74 Å². The zero-order valence-corrected chi connectivity index (χ0v) is 24.0. The first-order valence-corrected chi connectivity index (χ1v) is 15.0. The molecule has 2 aliphatic rings. The maximum atomic E-state index is 14.1. The van der Waals surface area contributed by atoms with Crippen LogP contribution in [0.25, 0.3) is 6.08 Å². The van der Waals surface area contributed by atoms with Crippen LogP contribution < -0.4 is 5.32 Å². The first-order chi connectivity index (χ1) is 21.1. The highest BCUT2D eigenvalue weighted by atomic mass is 32.2. The number of esters is 1. The van der Waals surface area contributed by atoms with Crippen molar-refractivity contribution in [2.45, 2.75) is 23.9 Å². The normalized spacial score (nSPS) is 17.9. The van der Waals surface area contributed by atoms with Crippen LogP contribution in [0.1, 0.15) is 28.4 Å². The molecular weight excluding hydrogens is 558 g/mol. The average molecular weight is 588 g/mol. The summed E-state index contributed by atoms with van der Waals surface area (Å²) in [4.78, 5) is 46.0. The lowest BCUT2D eigenvalue weighted by molar-refractivity contribution is -0.154. The Kier molecular flexibility index (Phi) is 8.47. The molecule has 0 bridgehead atoms. The van der Waals surface area contributed by atoms with Crippen LogP contribution in [-0.2, 0) is 25.5 Å². The Morgan fingerprint density at radius 2 is 1.49 bits per heavy atom. The number of hydrogen-bond acceptors (Lipinski definition) is 6. The average Bonchev–Trinajstić information content (AvgIpc) is 3.06. The van der Waals surface area contributed by atoms with Crippen molar-refractivity contribution in [2.24, 2.45) is 0 Å². The van der Waals surface area contributed by atoms with Crippen molar-refractivity contribution in [3.8, 4) is 0 Å². The van der Waals surface area contributed by atoms with Crippen molar-refractivity contribution >= 4 is 35.6 Å². The van der Waals surface area contributed by atoms with E-state index < -0.39 is 23.5 Å². The molecule has 0 aliphatic carbocycles. The van der Waals surface area contributed by atoms with Crippen LogP contribution in [0.5, 0.6) is 0 Å². The monoisotopic (exact) mass is 587 g/mol. The van der Waals surface area contributed by atoms with Gasteiger partial charge in [-0.1, -0.05) is 103 Å². The standard InChI is InChI=1S/C35H29N3O4S/c39-29(22-25-10-4-1-5-11-25)37-30-33(40)38-31(28(23-43-34(30)38)17-16-24-18-20-36-21-19-24)35(41)42-32(26-12-6-2-7-13-26)27-14-8-3-9-15-27/h1-21,30,32,34H,22-23H2,(H,37,39)/b17-16+/t30?,34-/m1/s1. The van der Waals surface area contributed by atoms with Gasteiger partial charge in [-0.15, -0.1) is 11.8 Å². The summed E-state index contributed by atoms with van der Waals surface area (Å²) < 4.78 is 6.21. The fourth-order valence-corrected chi connectivity index (χ4v) is 6.50. The van der Waals surface area contributed by atoms with E-state index >= 15 is 0 Å². The Morgan fingerprint density at radius 3 is 2.12 bits per heavy atom. The second-order valence-electron chi connectivity index (χ2n) is 10.2. The van der Waals surface area contributed by atoms with E-state index in [0.29, 0.717) is 11.3 Å². The number of benzene rings is 3. The van der Waals surface area contributed by atoms with Gasteiger partial charge in [-0.25, -0.2) is 4.79 Å². The molecule has 7 nitrogen and oxygen atoms in total. The Hall–Kier alpha value is -4.95. The lowest BCUT2D eigenvalue weighted by Crippen LogP contribution is -2.70. The predicted octanol–water partition coefficient (Wildman–Crippen LogP) is 5.32. The lowest BCUT2D eigenvalue weighted by Gasteiger charge is -2.49. The fraction of sp³-hybridized carbons (Fsp3) is 0.143. The number of β-lactam (4-membered cyclic amide) rings is 1. The lowest BCUT2D eigenvalue weighted by atomic mass is 10.00. The highest BCUT2D eigenvalue weighted by molar-refractivity contribution is 8.00. The Labute approximate surface area is 254 Å². The number of rotatable bonds is 9. The summed E-state index contributed by atoms with van der Waals surface area (Å²) in [7, 11) is 0. The van der Waals surface area contributed by atoms with Gasteiger partial charge < -0.3 is 10.1 Å². The molecule has 0 spiro atoms. The molecule has 1 N–H and O–H groups in total. The summed E-state index contributed by atoms with van der Waals surface area (Å²) >= 11 is 1.51. The second kappa shape index (κ2) is 12.9. The molecule has 43 heavy (non-hydrogen) atoms. The molecular formula is C35H29N3O4S. The summed E-state index contributed by atoms with van der Waals surface area (Å²) in [6, 6.07) is 31.4. The molecule has 2 amide bonds. The van der Waals surface area contributed by atoms with Crippen molar-refractivity contribution in [3.05, 3.63) is 155 Å². The van der Waals surface area contributed by atoms with Crippen LogP contribution in [0.4, 0.5) is 0 Å². The van der Waals surface area contributed by atoms with E-state index in [0.717, 1.165) is 22.3 Å². The first kappa shape index (κ1) is 28.2. The van der Waals surface area contributed by atoms with E-state index in [2.05, 4.69) is 10.3 Å². The number of fused-ring (bicyclic) bond motifs is 1. The minimum Gasteiger partial charge on any atom is -0.448 e. The van der Waals surface area contributed by atoms with E-state index in [1.807, 2.05) is 115 Å². The van der Waals surface area contributed by atoms with Crippen molar-refractivity contribution in [1.82, 2.24) is 15.2 Å². The maximum Gasteiger partial charge on any atom is 0.356 e. The molecule has 0 saturated carbocycles. The van der Waals surface area contributed by atoms with Crippen LogP contribution in [-0.4, -0.2) is 44.8 Å². The third-order valence-electron chi connectivity index (χ3n) is 7.33. The van der Waals surface area contributed by atoms with Gasteiger partial charge in [0.1, 0.15) is 17.1 Å². The van der Waals surface area contributed by atoms with Crippen molar-refractivity contribution in [1.29, 1.82) is 0 Å². The van der Waals surface area contributed by atoms with Crippen LogP contribution in [0.2, 0.25) is 0 Å². The highest BCUT2D eigenvalue weighted by Crippen LogP contribution is 2.42. The molecule has 8 heteroatoms. The number of pyridine rings is 1. The summed E-state index contributed by atoms with van der Waals surface area (Å²) in [5.41, 5.74) is 4.28. The molecule has 4 aromatic rings. The molecule has 214 valence electrons. The topological polar surface area (TPSA) is 88.6 Å². The van der Waals surface area contributed by atoms with Crippen molar-refractivity contribution in [3.63, 3.8) is 0 Å². The Bertz CT molecular complexity index is 1620. The molecule has 2 aliphatic heterocycles. The number of ether oxygens (including phenoxy) is 1. The molecule has 2 atom stereocenters. The molecule has 1 unspecified atom stereocenters. The van der Waals surface area contributed by atoms with Gasteiger partial charge in [0.15, 0.2) is 6.10 Å². The zero-order valence-electron chi connectivity index (χ0n) is 23.2. The third-order valence-corrected chi connectivity index (χ3v) is 8.63. The number of amides is 2. The molecule has 3 heterocycles. The highest BCUT2D eigenvalue weighted by Gasteiger charge is 2.54. The number of hydrogen-bond donors (Lipinski definition) is 1. The number of carbonyl (C=O) groups is 3. The summed E-state index contributed by atoms with van der Waals surface area (Å²) in [6.07, 6.45) is 6.63. The second-order valence-corrected chi connectivity index (χ2v) is 11.3. The van der Waals surface area contributed by atoms with Gasteiger partial charge in [-0.3, -0.25) is 19.5 Å². The maximum absolute atomic E-state index is 14.1. The SMILES string of the molecule is O=C(Cc1ccccc1)NC1C(=O)N2C(C(=O)OC(c3ccccc3)c3ccccc3)=C(/C=C/c3ccncc3)CS[C@H]12. The fourth-order valence-electron chi connectivity index (χ4n) is 5.18. The quantitative estimate of drug-likeness (QED) is 0.211. The molecule has 1 saturated heterocycles. The smallest absolute Gasteiger partial charge is 0.356 e. The van der Waals surface area contributed by atoms with Gasteiger partial charge in [0.05, 0.1) is 6.42 Å². The molecule has 0 radical (unpaired) electrons. The minimum atomic E-state index is -0.728. The van der Waals surface area contributed by atoms with Gasteiger partial charge in [0.25, 0.3) is 5.91 Å². The Balaban J connectivity index is 1.29. The molecule has 6 rings (SSSR count). The number of aromatic nitrogens is 1. The van der Waals surface area contributed by atoms with Crippen LogP contribution in [0, 0.1) is 0 Å². The predicted molar refractivity (Wildman–Crippen MR) is 166 cm³/mol. The number of carbonyl (C=O) groups excluding carboxylic acids is 3. The van der Waals surface area contributed by atoms with Crippen LogP contribution in [0.15, 0.2) is 133 Å². The van der Waals surface area contributed by atoms with Gasteiger partial charge in [0.2, 0.25) is 5.91 Å². The van der Waals surface area contributed by atoms with Gasteiger partial charge in [-0.05, 0) is 40.0 Å². The number of nitrogens with zero attached hydrogens (tertiary/aromatic N) is 2. The summed E-state index contributed by atoms with van der Waals surface area (Å²) in [6.45, 7) is 0. The molecule has 1 fully saturated rings. The number of thioether (sulfide) groups is 1. The van der Waals surface area contributed by atoms with Gasteiger partial charge >= 0.3 is 5.97 Å². The largest absolute Gasteiger partial charge is 0.448 e. The molecule has 1 aromatic heterocycles. The number of nitrogens with one attached hydrogen (secondary N) is 1. The summed E-state index contributed by atoms with van der Waals surface area (Å²) in [5, 5.41) is 2.47. The van der Waals surface area contributed by atoms with E-state index in [9.17, 15) is 14.4 Å². The Morgan fingerprint density at radius 1 is 0.884 bits per heavy atom. The third kappa shape index (κ3) is 6.29. The van der Waals surface area contributed by atoms with Gasteiger partial charge in [0, 0.05) is 18.1 Å². The number of allylic oxidation sites excluding steroid dienone is 1. The van der Waals surface area contributed by atoms with Crippen molar-refractivity contribution < 1.29 is 19.1 Å². The molecule has 3 aromatic carbocycles. The minimum absolute atomic E-state index is 0.169. The van der Waals surface area contributed by atoms with E-state index in [-0.39, 0.29) is 23.9 Å². The van der Waals surface area contributed by atoms with E-state index in [1.165, 1.54) is 16.7 Å². The zero-order chi connectivity index (χ0) is 29.6. The van der Waals surface area contributed by atoms with Crippen molar-refractivity contribution in [2.75, 3.05) is 5.75 Å². The van der Waals surface area contributed by atoms with E-state index in [1.54, 1.807) is 12.4 Å². The van der Waals surface area contributed by atoms with Gasteiger partial charge in [-0.2, -0.15) is 0 Å². The van der Waals surface area contributed by atoms with Crippen LogP contribution in [0.3, 0.4) is 0 Å².